The average Bonchev–Trinajstić information content (AvgIpc) is 2.21. The van der Waals surface area contributed by atoms with E-state index in [-0.39, 0.29) is 11.7 Å². The predicted octanol–water partition coefficient (Wildman–Crippen LogP) is 2.61. The Morgan fingerprint density at radius 3 is 2.60 bits per heavy atom. The molecule has 0 bridgehead atoms. The van der Waals surface area contributed by atoms with Crippen LogP contribution in [0, 0.1) is 11.2 Å². The second-order valence-corrected chi connectivity index (χ2v) is 2.91. The lowest BCUT2D eigenvalue weighted by molar-refractivity contribution is 0.282. The van der Waals surface area contributed by atoms with Crippen molar-refractivity contribution in [1.29, 1.82) is 5.41 Å². The molecule has 0 spiro atoms. The van der Waals surface area contributed by atoms with Gasteiger partial charge in [0.25, 0.3) is 0 Å². The molecular formula is C11H14FNO2. The second kappa shape index (κ2) is 6.01. The Morgan fingerprint density at radius 2 is 2.00 bits per heavy atom. The summed E-state index contributed by atoms with van der Waals surface area (Å²) in [4.78, 5) is 0. The highest BCUT2D eigenvalue weighted by atomic mass is 19.1. The van der Waals surface area contributed by atoms with Gasteiger partial charge in [0.2, 0.25) is 0 Å². The van der Waals surface area contributed by atoms with Crippen molar-refractivity contribution in [3.8, 4) is 5.75 Å². The maximum atomic E-state index is 12.5. The van der Waals surface area contributed by atoms with Crippen molar-refractivity contribution < 1.29 is 13.9 Å². The molecule has 0 aromatic heterocycles. The predicted molar refractivity (Wildman–Crippen MR) is 55.9 cm³/mol. The van der Waals surface area contributed by atoms with E-state index in [1.54, 1.807) is 12.1 Å². The lowest BCUT2D eigenvalue weighted by Crippen LogP contribution is -2.08. The van der Waals surface area contributed by atoms with E-state index in [9.17, 15) is 4.39 Å². The van der Waals surface area contributed by atoms with E-state index in [2.05, 4.69) is 0 Å². The second-order valence-electron chi connectivity index (χ2n) is 2.91. The van der Waals surface area contributed by atoms with Crippen molar-refractivity contribution in [2.45, 2.75) is 13.3 Å². The molecule has 0 amide bonds. The van der Waals surface area contributed by atoms with Gasteiger partial charge in [-0.05, 0) is 31.2 Å². The van der Waals surface area contributed by atoms with Gasteiger partial charge in [0.05, 0.1) is 19.6 Å². The van der Waals surface area contributed by atoms with Gasteiger partial charge in [-0.2, -0.15) is 0 Å². The topological polar surface area (TPSA) is 42.3 Å². The smallest absolute Gasteiger partial charge is 0.183 e. The van der Waals surface area contributed by atoms with Gasteiger partial charge >= 0.3 is 0 Å². The quantitative estimate of drug-likeness (QED) is 0.601. The highest BCUT2D eigenvalue weighted by molar-refractivity contribution is 5.72. The Balaban J connectivity index is 2.26. The molecular weight excluding hydrogens is 197 g/mol. The third-order valence-corrected chi connectivity index (χ3v) is 1.73. The highest BCUT2D eigenvalue weighted by Gasteiger charge is 1.98. The summed E-state index contributed by atoms with van der Waals surface area (Å²) in [5.74, 6) is 0.518. The average molecular weight is 211 g/mol. The number of hydrogen-bond donors (Lipinski definition) is 1. The van der Waals surface area contributed by atoms with Crippen molar-refractivity contribution in [1.82, 2.24) is 0 Å². The zero-order chi connectivity index (χ0) is 11.1. The van der Waals surface area contributed by atoms with Crippen LogP contribution in [0.4, 0.5) is 4.39 Å². The molecule has 1 aromatic rings. The van der Waals surface area contributed by atoms with Crippen molar-refractivity contribution in [2.75, 3.05) is 13.2 Å². The van der Waals surface area contributed by atoms with Gasteiger partial charge < -0.3 is 9.47 Å². The van der Waals surface area contributed by atoms with Gasteiger partial charge in [0.1, 0.15) is 11.6 Å². The van der Waals surface area contributed by atoms with E-state index in [1.807, 2.05) is 6.92 Å². The first-order valence-corrected chi connectivity index (χ1v) is 4.81. The third-order valence-electron chi connectivity index (χ3n) is 1.73. The van der Waals surface area contributed by atoms with Crippen LogP contribution >= 0.6 is 0 Å². The SMILES string of the molecule is CCOC(=N)CCOc1ccc(F)cc1. The van der Waals surface area contributed by atoms with Crippen LogP contribution < -0.4 is 4.74 Å². The standard InChI is InChI=1S/C11H14FNO2/c1-2-14-11(13)7-8-15-10-5-3-9(12)4-6-10/h3-6,13H,2,7-8H2,1H3. The molecule has 1 rings (SSSR count). The maximum Gasteiger partial charge on any atom is 0.183 e. The molecule has 4 heteroatoms. The van der Waals surface area contributed by atoms with Crippen LogP contribution in [0.1, 0.15) is 13.3 Å². The van der Waals surface area contributed by atoms with Crippen molar-refractivity contribution in [3.63, 3.8) is 0 Å². The Bertz CT molecular complexity index is 311. The van der Waals surface area contributed by atoms with E-state index < -0.39 is 0 Å². The molecule has 0 unspecified atom stereocenters. The zero-order valence-corrected chi connectivity index (χ0v) is 8.63. The van der Waals surface area contributed by atoms with Gasteiger partial charge in [0.15, 0.2) is 5.90 Å². The minimum atomic E-state index is -0.288. The van der Waals surface area contributed by atoms with Crippen LogP contribution in [0.2, 0.25) is 0 Å². The lowest BCUT2D eigenvalue weighted by atomic mass is 10.3. The van der Waals surface area contributed by atoms with E-state index in [0.717, 1.165) is 0 Å². The Kier molecular flexibility index (Phi) is 4.60. The number of nitrogens with one attached hydrogen (secondary N) is 1. The molecule has 0 radical (unpaired) electrons. The summed E-state index contributed by atoms with van der Waals surface area (Å²) < 4.78 is 22.8. The van der Waals surface area contributed by atoms with Crippen LogP contribution in [-0.2, 0) is 4.74 Å². The molecule has 0 aliphatic carbocycles. The first-order valence-electron chi connectivity index (χ1n) is 4.81. The van der Waals surface area contributed by atoms with Gasteiger partial charge in [-0.1, -0.05) is 0 Å². The number of benzene rings is 1. The first kappa shape index (κ1) is 11.5. The first-order chi connectivity index (χ1) is 7.22. The summed E-state index contributed by atoms with van der Waals surface area (Å²) in [6.07, 6.45) is 0.422. The van der Waals surface area contributed by atoms with E-state index >= 15 is 0 Å². The summed E-state index contributed by atoms with van der Waals surface area (Å²) in [6.45, 7) is 2.69. The molecule has 0 atom stereocenters. The van der Waals surface area contributed by atoms with Crippen LogP contribution in [0.3, 0.4) is 0 Å². The maximum absolute atomic E-state index is 12.5. The van der Waals surface area contributed by atoms with Crippen molar-refractivity contribution in [3.05, 3.63) is 30.1 Å². The lowest BCUT2D eigenvalue weighted by Gasteiger charge is -2.07. The minimum absolute atomic E-state index is 0.208. The largest absolute Gasteiger partial charge is 0.493 e. The van der Waals surface area contributed by atoms with E-state index in [4.69, 9.17) is 14.9 Å². The molecule has 0 aliphatic heterocycles. The Labute approximate surface area is 88.3 Å². The Morgan fingerprint density at radius 1 is 1.33 bits per heavy atom. The van der Waals surface area contributed by atoms with Crippen molar-refractivity contribution >= 4 is 5.90 Å². The summed E-state index contributed by atoms with van der Waals surface area (Å²) in [6, 6.07) is 5.78. The van der Waals surface area contributed by atoms with Crippen LogP contribution in [0.25, 0.3) is 0 Å². The van der Waals surface area contributed by atoms with Crippen LogP contribution in [0.5, 0.6) is 5.75 Å². The number of hydrogen-bond acceptors (Lipinski definition) is 3. The minimum Gasteiger partial charge on any atom is -0.493 e. The van der Waals surface area contributed by atoms with Crippen LogP contribution in [0.15, 0.2) is 24.3 Å². The fraction of sp³-hybridized carbons (Fsp3) is 0.364. The summed E-state index contributed by atoms with van der Waals surface area (Å²) in [5.41, 5.74) is 0. The molecule has 82 valence electrons. The molecule has 1 N–H and O–H groups in total. The molecule has 0 fully saturated rings. The van der Waals surface area contributed by atoms with Gasteiger partial charge in [-0.15, -0.1) is 0 Å². The molecule has 1 aromatic carbocycles. The number of rotatable bonds is 5. The molecule has 0 saturated heterocycles. The number of ether oxygens (including phenoxy) is 2. The van der Waals surface area contributed by atoms with Crippen molar-refractivity contribution in [2.24, 2.45) is 0 Å². The van der Waals surface area contributed by atoms with E-state index in [0.29, 0.717) is 25.4 Å². The van der Waals surface area contributed by atoms with Gasteiger partial charge in [-0.25, -0.2) is 4.39 Å². The fourth-order valence-electron chi connectivity index (χ4n) is 1.04. The molecule has 0 heterocycles. The summed E-state index contributed by atoms with van der Waals surface area (Å²) in [5, 5.41) is 7.33. The molecule has 0 aliphatic rings. The molecule has 15 heavy (non-hydrogen) atoms. The normalized spacial score (nSPS) is 9.73. The fourth-order valence-corrected chi connectivity index (χ4v) is 1.04. The van der Waals surface area contributed by atoms with Gasteiger partial charge in [-0.3, -0.25) is 5.41 Å². The van der Waals surface area contributed by atoms with Crippen LogP contribution in [-0.4, -0.2) is 19.1 Å². The molecule has 3 nitrogen and oxygen atoms in total. The zero-order valence-electron chi connectivity index (χ0n) is 8.63. The highest BCUT2D eigenvalue weighted by Crippen LogP contribution is 2.11. The van der Waals surface area contributed by atoms with E-state index in [1.165, 1.54) is 12.1 Å². The summed E-state index contributed by atoms with van der Waals surface area (Å²) in [7, 11) is 0. The monoisotopic (exact) mass is 211 g/mol. The molecule has 0 saturated carbocycles. The summed E-state index contributed by atoms with van der Waals surface area (Å²) >= 11 is 0. The van der Waals surface area contributed by atoms with Gasteiger partial charge in [0, 0.05) is 0 Å². The number of halogens is 1. The Hall–Kier alpha value is -1.58. The third kappa shape index (κ3) is 4.44.